The fourth-order valence-corrected chi connectivity index (χ4v) is 3.60. The van der Waals surface area contributed by atoms with Crippen LogP contribution in [0.15, 0.2) is 30.7 Å². The first-order valence-corrected chi connectivity index (χ1v) is 8.97. The number of hydrogen-bond acceptors (Lipinski definition) is 6. The highest BCUT2D eigenvalue weighted by atomic mass is 16.5. The molecule has 2 aromatic heterocycles. The van der Waals surface area contributed by atoms with Crippen LogP contribution in [0, 0.1) is 0 Å². The molecule has 1 saturated heterocycles. The monoisotopic (exact) mass is 356 g/mol. The molecule has 1 amide bonds. The summed E-state index contributed by atoms with van der Waals surface area (Å²) in [6, 6.07) is 6.15. The Kier molecular flexibility index (Phi) is 4.50. The molecule has 4 rings (SSSR count). The van der Waals surface area contributed by atoms with E-state index in [0.29, 0.717) is 24.9 Å². The first-order chi connectivity index (χ1) is 12.7. The molecule has 0 spiro atoms. The Bertz CT molecular complexity index is 787. The molecule has 0 radical (unpaired) electrons. The van der Waals surface area contributed by atoms with Gasteiger partial charge in [-0.25, -0.2) is 9.97 Å². The summed E-state index contributed by atoms with van der Waals surface area (Å²) < 4.78 is 7.60. The molecule has 8 heteroatoms. The van der Waals surface area contributed by atoms with Crippen LogP contribution >= 0.6 is 0 Å². The van der Waals surface area contributed by atoms with Crippen molar-refractivity contribution in [1.29, 1.82) is 0 Å². The van der Waals surface area contributed by atoms with Crippen LogP contribution in [0.2, 0.25) is 0 Å². The maximum atomic E-state index is 12.6. The van der Waals surface area contributed by atoms with Crippen LogP contribution in [0.4, 0.5) is 11.6 Å². The average molecular weight is 356 g/mol. The number of carbonyl (C=O) groups excluding carboxylic acids is 1. The number of rotatable bonds is 6. The molecule has 2 fully saturated rings. The summed E-state index contributed by atoms with van der Waals surface area (Å²) in [7, 11) is 1.71. The number of carbonyl (C=O) groups is 1. The Labute approximate surface area is 152 Å². The van der Waals surface area contributed by atoms with Crippen LogP contribution in [0.3, 0.4) is 0 Å². The number of nitrogens with zero attached hydrogens (tertiary/aromatic N) is 4. The molecule has 1 aliphatic heterocycles. The predicted octanol–water partition coefficient (Wildman–Crippen LogP) is 1.22. The summed E-state index contributed by atoms with van der Waals surface area (Å²) in [6.07, 6.45) is 6.67. The second-order valence-electron chi connectivity index (χ2n) is 6.94. The van der Waals surface area contributed by atoms with Gasteiger partial charge in [0, 0.05) is 38.5 Å². The number of aromatic nitrogens is 3. The maximum absolute atomic E-state index is 12.6. The smallest absolute Gasteiger partial charge is 0.267 e. The predicted molar refractivity (Wildman–Crippen MR) is 98.0 cm³/mol. The Morgan fingerprint density at radius 1 is 1.42 bits per heavy atom. The number of amides is 1. The minimum atomic E-state index is -0.0371. The summed E-state index contributed by atoms with van der Waals surface area (Å²) >= 11 is 0. The van der Waals surface area contributed by atoms with Crippen molar-refractivity contribution in [2.24, 2.45) is 0 Å². The van der Waals surface area contributed by atoms with E-state index in [1.807, 2.05) is 18.3 Å². The van der Waals surface area contributed by atoms with E-state index >= 15 is 0 Å². The molecular weight excluding hydrogens is 332 g/mol. The van der Waals surface area contributed by atoms with Gasteiger partial charge in [0.15, 0.2) is 0 Å². The molecule has 2 aliphatic rings. The zero-order chi connectivity index (χ0) is 18.1. The second kappa shape index (κ2) is 6.95. The molecular formula is C18H24N6O2. The lowest BCUT2D eigenvalue weighted by molar-refractivity contribution is 0.0937. The van der Waals surface area contributed by atoms with Gasteiger partial charge >= 0.3 is 0 Å². The summed E-state index contributed by atoms with van der Waals surface area (Å²) in [5.41, 5.74) is 6.52. The van der Waals surface area contributed by atoms with E-state index in [1.54, 1.807) is 13.2 Å². The van der Waals surface area contributed by atoms with Crippen LogP contribution in [0.25, 0.3) is 0 Å². The minimum absolute atomic E-state index is 0.0371. The highest BCUT2D eigenvalue weighted by Crippen LogP contribution is 2.36. The number of nitrogens with one attached hydrogen (secondary N) is 1. The summed E-state index contributed by atoms with van der Waals surface area (Å²) in [6.45, 7) is 1.24. The third kappa shape index (κ3) is 3.37. The second-order valence-corrected chi connectivity index (χ2v) is 6.94. The number of nitrogen functional groups attached to an aromatic ring is 1. The normalized spacial score (nSPS) is 22.6. The number of anilines is 2. The van der Waals surface area contributed by atoms with Crippen molar-refractivity contribution in [2.75, 3.05) is 30.8 Å². The molecule has 2 atom stereocenters. The fourth-order valence-electron chi connectivity index (χ4n) is 3.60. The van der Waals surface area contributed by atoms with Gasteiger partial charge in [-0.3, -0.25) is 4.79 Å². The van der Waals surface area contributed by atoms with Crippen molar-refractivity contribution < 1.29 is 9.53 Å². The van der Waals surface area contributed by atoms with Gasteiger partial charge in [-0.1, -0.05) is 0 Å². The van der Waals surface area contributed by atoms with Gasteiger partial charge < -0.3 is 25.3 Å². The lowest BCUT2D eigenvalue weighted by Crippen LogP contribution is -2.41. The van der Waals surface area contributed by atoms with Gasteiger partial charge in [-0.2, -0.15) is 0 Å². The number of methoxy groups -OCH3 is 1. The number of nitrogens with two attached hydrogens (primary N) is 1. The van der Waals surface area contributed by atoms with Gasteiger partial charge in [0.25, 0.3) is 5.91 Å². The zero-order valence-corrected chi connectivity index (χ0v) is 14.8. The van der Waals surface area contributed by atoms with Crippen LogP contribution in [0.5, 0.6) is 0 Å². The van der Waals surface area contributed by atoms with Crippen molar-refractivity contribution in [2.45, 2.75) is 37.5 Å². The molecule has 3 heterocycles. The Morgan fingerprint density at radius 3 is 3.00 bits per heavy atom. The summed E-state index contributed by atoms with van der Waals surface area (Å²) in [5.74, 6) is 1.16. The van der Waals surface area contributed by atoms with Crippen LogP contribution < -0.4 is 16.0 Å². The van der Waals surface area contributed by atoms with E-state index < -0.39 is 0 Å². The zero-order valence-electron chi connectivity index (χ0n) is 14.8. The SMILES string of the molecule is CO[C@@H]1C[C@H](CNC(=O)c2cccn2C2CC2)N(c2cc(N)ncn2)C1. The van der Waals surface area contributed by atoms with E-state index in [0.717, 1.165) is 30.8 Å². The fraction of sp³-hybridized carbons (Fsp3) is 0.500. The van der Waals surface area contributed by atoms with Crippen LogP contribution in [-0.4, -0.2) is 52.8 Å². The van der Waals surface area contributed by atoms with E-state index in [-0.39, 0.29) is 18.1 Å². The Balaban J connectivity index is 1.45. The third-order valence-corrected chi connectivity index (χ3v) is 5.13. The summed E-state index contributed by atoms with van der Waals surface area (Å²) in [4.78, 5) is 23.0. The van der Waals surface area contributed by atoms with Crippen molar-refractivity contribution in [3.63, 3.8) is 0 Å². The van der Waals surface area contributed by atoms with Gasteiger partial charge in [0.2, 0.25) is 0 Å². The standard InChI is InChI=1S/C18H24N6O2/c1-26-14-7-13(24(10-14)17-8-16(19)21-11-22-17)9-20-18(25)15-3-2-6-23(15)12-4-5-12/h2-3,6,8,11-14H,4-5,7,9-10H2,1H3,(H,20,25)(H2,19,21,22)/t13-,14-/m1/s1. The molecule has 3 N–H and O–H groups in total. The van der Waals surface area contributed by atoms with Crippen LogP contribution in [0.1, 0.15) is 35.8 Å². The molecule has 1 aliphatic carbocycles. The van der Waals surface area contributed by atoms with Crippen molar-refractivity contribution >= 4 is 17.5 Å². The molecule has 0 bridgehead atoms. The van der Waals surface area contributed by atoms with E-state index in [2.05, 4.69) is 24.8 Å². The first-order valence-electron chi connectivity index (χ1n) is 8.97. The Morgan fingerprint density at radius 2 is 2.27 bits per heavy atom. The summed E-state index contributed by atoms with van der Waals surface area (Å²) in [5, 5.41) is 3.08. The minimum Gasteiger partial charge on any atom is -0.384 e. The highest BCUT2D eigenvalue weighted by Gasteiger charge is 2.34. The van der Waals surface area contributed by atoms with Gasteiger partial charge in [0.05, 0.1) is 12.1 Å². The quantitative estimate of drug-likeness (QED) is 0.807. The van der Waals surface area contributed by atoms with Crippen molar-refractivity contribution in [1.82, 2.24) is 19.9 Å². The number of ether oxygens (including phenoxy) is 1. The van der Waals surface area contributed by atoms with E-state index in [4.69, 9.17) is 10.5 Å². The topological polar surface area (TPSA) is 98.3 Å². The van der Waals surface area contributed by atoms with Gasteiger partial charge in [-0.15, -0.1) is 0 Å². The van der Waals surface area contributed by atoms with Crippen LogP contribution in [-0.2, 0) is 4.74 Å². The largest absolute Gasteiger partial charge is 0.384 e. The Hall–Kier alpha value is -2.61. The van der Waals surface area contributed by atoms with Gasteiger partial charge in [0.1, 0.15) is 23.7 Å². The molecule has 138 valence electrons. The first kappa shape index (κ1) is 16.8. The molecule has 1 saturated carbocycles. The van der Waals surface area contributed by atoms with Gasteiger partial charge in [-0.05, 0) is 31.4 Å². The van der Waals surface area contributed by atoms with Crippen molar-refractivity contribution in [3.05, 3.63) is 36.4 Å². The molecule has 8 nitrogen and oxygen atoms in total. The molecule has 0 unspecified atom stereocenters. The van der Waals surface area contributed by atoms with E-state index in [1.165, 1.54) is 6.33 Å². The molecule has 2 aromatic rings. The lowest BCUT2D eigenvalue weighted by atomic mass is 10.2. The van der Waals surface area contributed by atoms with E-state index in [9.17, 15) is 4.79 Å². The maximum Gasteiger partial charge on any atom is 0.267 e. The third-order valence-electron chi connectivity index (χ3n) is 5.13. The highest BCUT2D eigenvalue weighted by molar-refractivity contribution is 5.92. The number of hydrogen-bond donors (Lipinski definition) is 2. The molecule has 0 aromatic carbocycles. The lowest BCUT2D eigenvalue weighted by Gasteiger charge is -2.25. The molecule has 26 heavy (non-hydrogen) atoms. The van der Waals surface area contributed by atoms with Crippen molar-refractivity contribution in [3.8, 4) is 0 Å². The average Bonchev–Trinajstić information content (AvgIpc) is 3.21.